The van der Waals surface area contributed by atoms with E-state index in [1.807, 2.05) is 24.3 Å². The first kappa shape index (κ1) is 8.08. The van der Waals surface area contributed by atoms with Gasteiger partial charge in [0.25, 0.3) is 0 Å². The van der Waals surface area contributed by atoms with Gasteiger partial charge in [0, 0.05) is 18.0 Å². The topological polar surface area (TPSA) is 12.0 Å². The normalized spacial score (nSPS) is 22.9. The van der Waals surface area contributed by atoms with E-state index >= 15 is 0 Å². The van der Waals surface area contributed by atoms with Gasteiger partial charge < -0.3 is 5.32 Å². The molecule has 1 heterocycles. The predicted molar refractivity (Wildman–Crippen MR) is 48.9 cm³/mol. The average Bonchev–Trinajstić information content (AvgIpc) is 2.25. The predicted octanol–water partition coefficient (Wildman–Crippen LogP) is 2.18. The number of benzene rings is 1. The Morgan fingerprint density at radius 2 is 2.25 bits per heavy atom. The van der Waals surface area contributed by atoms with Gasteiger partial charge in [0.2, 0.25) is 0 Å². The largest absolute Gasteiger partial charge is 0.309 e. The van der Waals surface area contributed by atoms with E-state index in [-0.39, 0.29) is 0 Å². The average molecular weight is 183 g/mol. The lowest BCUT2D eigenvalue weighted by Crippen LogP contribution is -2.18. The number of nitrogens with one attached hydrogen (secondary N) is 1. The summed E-state index contributed by atoms with van der Waals surface area (Å²) in [6, 6.07) is 7.94. The maximum atomic E-state index is 13.0. The third kappa shape index (κ3) is 1.62. The molecular weight excluding hydrogens is 173 g/mol. The molecule has 1 atom stereocenters. The molecule has 0 amide bonds. The summed E-state index contributed by atoms with van der Waals surface area (Å²) in [7, 11) is 0. The van der Waals surface area contributed by atoms with Crippen molar-refractivity contribution in [1.82, 2.24) is 5.32 Å². The zero-order chi connectivity index (χ0) is 8.39. The van der Waals surface area contributed by atoms with E-state index in [0.717, 1.165) is 11.4 Å². The monoisotopic (exact) mass is 183 g/mol. The summed E-state index contributed by atoms with van der Waals surface area (Å²) in [4.78, 5) is 1.06. The van der Waals surface area contributed by atoms with Crippen LogP contribution in [0.1, 0.15) is 5.56 Å². The van der Waals surface area contributed by atoms with Gasteiger partial charge in [0.05, 0.1) is 0 Å². The highest BCUT2D eigenvalue weighted by molar-refractivity contribution is 7.99. The van der Waals surface area contributed by atoms with Crippen LogP contribution in [0.5, 0.6) is 0 Å². The van der Waals surface area contributed by atoms with Crippen molar-refractivity contribution in [3.05, 3.63) is 29.8 Å². The highest BCUT2D eigenvalue weighted by atomic mass is 32.2. The molecule has 0 aliphatic carbocycles. The van der Waals surface area contributed by atoms with Crippen LogP contribution in [0.25, 0.3) is 0 Å². The molecule has 0 bridgehead atoms. The van der Waals surface area contributed by atoms with Crippen molar-refractivity contribution in [2.75, 3.05) is 6.54 Å². The fourth-order valence-corrected chi connectivity index (χ4v) is 2.19. The first-order valence-corrected chi connectivity index (χ1v) is 4.83. The number of alkyl halides is 1. The molecule has 3 heteroatoms. The van der Waals surface area contributed by atoms with Crippen LogP contribution in [-0.2, 0) is 6.54 Å². The third-order valence-corrected chi connectivity index (χ3v) is 2.92. The van der Waals surface area contributed by atoms with Crippen molar-refractivity contribution < 1.29 is 4.39 Å². The summed E-state index contributed by atoms with van der Waals surface area (Å²) in [5.74, 6) is 0. The molecular formula is C9H10FNS. The van der Waals surface area contributed by atoms with E-state index in [9.17, 15) is 4.39 Å². The molecule has 1 aliphatic rings. The Hall–Kier alpha value is -0.540. The summed E-state index contributed by atoms with van der Waals surface area (Å²) in [5.41, 5.74) is 0.385. The molecule has 2 rings (SSSR count). The minimum Gasteiger partial charge on any atom is -0.309 e. The quantitative estimate of drug-likeness (QED) is 0.661. The summed E-state index contributed by atoms with van der Waals surface area (Å²) < 4.78 is 13.0. The SMILES string of the molecule is FC1CNCc2ccccc2S1. The molecule has 0 aromatic heterocycles. The maximum absolute atomic E-state index is 13.0. The summed E-state index contributed by atoms with van der Waals surface area (Å²) in [5, 5.41) is 3.06. The lowest BCUT2D eigenvalue weighted by molar-refractivity contribution is 0.431. The fourth-order valence-electron chi connectivity index (χ4n) is 1.26. The standard InChI is InChI=1S/C9H10FNS/c10-9-6-11-5-7-3-1-2-4-8(7)12-9/h1-4,9,11H,5-6H2. The van der Waals surface area contributed by atoms with Gasteiger partial charge in [-0.15, -0.1) is 0 Å². The van der Waals surface area contributed by atoms with Gasteiger partial charge in [-0.2, -0.15) is 0 Å². The summed E-state index contributed by atoms with van der Waals surface area (Å²) >= 11 is 1.30. The molecule has 0 spiro atoms. The van der Waals surface area contributed by atoms with Crippen molar-refractivity contribution in [2.24, 2.45) is 0 Å². The van der Waals surface area contributed by atoms with Gasteiger partial charge in [-0.25, -0.2) is 4.39 Å². The van der Waals surface area contributed by atoms with E-state index < -0.39 is 5.50 Å². The van der Waals surface area contributed by atoms with Gasteiger partial charge in [-0.1, -0.05) is 30.0 Å². The molecule has 0 radical (unpaired) electrons. The molecule has 0 saturated heterocycles. The van der Waals surface area contributed by atoms with E-state index in [1.165, 1.54) is 17.3 Å². The van der Waals surface area contributed by atoms with E-state index in [4.69, 9.17) is 0 Å². The molecule has 0 fully saturated rings. The number of halogens is 1. The Morgan fingerprint density at radius 3 is 3.17 bits per heavy atom. The van der Waals surface area contributed by atoms with Gasteiger partial charge in [-0.3, -0.25) is 0 Å². The minimum atomic E-state index is -0.811. The minimum absolute atomic E-state index is 0.444. The zero-order valence-corrected chi connectivity index (χ0v) is 7.40. The molecule has 1 aliphatic heterocycles. The van der Waals surface area contributed by atoms with Crippen LogP contribution in [0.4, 0.5) is 4.39 Å². The lowest BCUT2D eigenvalue weighted by atomic mass is 10.2. The molecule has 0 saturated carbocycles. The Labute approximate surface area is 75.4 Å². The van der Waals surface area contributed by atoms with Crippen molar-refractivity contribution in [2.45, 2.75) is 16.9 Å². The van der Waals surface area contributed by atoms with Gasteiger partial charge in [0.1, 0.15) is 0 Å². The summed E-state index contributed by atoms with van der Waals surface area (Å²) in [6.07, 6.45) is 0. The Balaban J connectivity index is 2.31. The lowest BCUT2D eigenvalue weighted by Gasteiger charge is -2.03. The maximum Gasteiger partial charge on any atom is 0.162 e. The highest BCUT2D eigenvalue weighted by Gasteiger charge is 2.14. The molecule has 1 aromatic rings. The van der Waals surface area contributed by atoms with Crippen molar-refractivity contribution in [1.29, 1.82) is 0 Å². The van der Waals surface area contributed by atoms with Gasteiger partial charge >= 0.3 is 0 Å². The Morgan fingerprint density at radius 1 is 1.42 bits per heavy atom. The smallest absolute Gasteiger partial charge is 0.162 e. The van der Waals surface area contributed by atoms with Gasteiger partial charge in [-0.05, 0) is 11.6 Å². The molecule has 12 heavy (non-hydrogen) atoms. The van der Waals surface area contributed by atoms with Crippen molar-refractivity contribution in [3.8, 4) is 0 Å². The van der Waals surface area contributed by atoms with Crippen LogP contribution < -0.4 is 5.32 Å². The summed E-state index contributed by atoms with van der Waals surface area (Å²) in [6.45, 7) is 1.23. The van der Waals surface area contributed by atoms with E-state index in [1.54, 1.807) is 0 Å². The third-order valence-electron chi connectivity index (χ3n) is 1.85. The Bertz CT molecular complexity index is 277. The Kier molecular flexibility index (Phi) is 2.33. The van der Waals surface area contributed by atoms with Crippen LogP contribution in [0.15, 0.2) is 29.2 Å². The highest BCUT2D eigenvalue weighted by Crippen LogP contribution is 2.29. The fraction of sp³-hybridized carbons (Fsp3) is 0.333. The number of hydrogen-bond donors (Lipinski definition) is 1. The molecule has 1 N–H and O–H groups in total. The van der Waals surface area contributed by atoms with Crippen LogP contribution in [-0.4, -0.2) is 12.0 Å². The first-order valence-electron chi connectivity index (χ1n) is 3.95. The molecule has 1 nitrogen and oxygen atoms in total. The zero-order valence-electron chi connectivity index (χ0n) is 6.59. The number of thioether (sulfide) groups is 1. The van der Waals surface area contributed by atoms with Crippen molar-refractivity contribution in [3.63, 3.8) is 0 Å². The molecule has 64 valence electrons. The first-order chi connectivity index (χ1) is 5.86. The van der Waals surface area contributed by atoms with Gasteiger partial charge in [0.15, 0.2) is 5.50 Å². The molecule has 1 aromatic carbocycles. The number of fused-ring (bicyclic) bond motifs is 1. The van der Waals surface area contributed by atoms with Crippen LogP contribution in [0.3, 0.4) is 0 Å². The van der Waals surface area contributed by atoms with Crippen LogP contribution >= 0.6 is 11.8 Å². The number of rotatable bonds is 0. The second-order valence-corrected chi connectivity index (χ2v) is 3.95. The number of hydrogen-bond acceptors (Lipinski definition) is 2. The van der Waals surface area contributed by atoms with Crippen LogP contribution in [0.2, 0.25) is 0 Å². The van der Waals surface area contributed by atoms with Crippen LogP contribution in [0, 0.1) is 0 Å². The van der Waals surface area contributed by atoms with E-state index in [0.29, 0.717) is 6.54 Å². The van der Waals surface area contributed by atoms with E-state index in [2.05, 4.69) is 5.32 Å². The second kappa shape index (κ2) is 3.46. The molecule has 1 unspecified atom stereocenters. The van der Waals surface area contributed by atoms with Crippen molar-refractivity contribution >= 4 is 11.8 Å². The second-order valence-electron chi connectivity index (χ2n) is 2.77.